The van der Waals surface area contributed by atoms with E-state index in [1.807, 2.05) is 0 Å². The molecule has 2 atom stereocenters. The summed E-state index contributed by atoms with van der Waals surface area (Å²) in [5.41, 5.74) is -3.57. The Kier molecular flexibility index (Phi) is 8.65. The lowest BCUT2D eigenvalue weighted by atomic mass is 9.86. The first-order chi connectivity index (χ1) is 19.5. The summed E-state index contributed by atoms with van der Waals surface area (Å²) in [6.45, 7) is 6.47. The second-order valence-electron chi connectivity index (χ2n) is 10.5. The van der Waals surface area contributed by atoms with Crippen LogP contribution in [-0.4, -0.2) is 53.6 Å². The molecule has 226 valence electrons. The summed E-state index contributed by atoms with van der Waals surface area (Å²) < 4.78 is 53.8. The van der Waals surface area contributed by atoms with Gasteiger partial charge in [0.1, 0.15) is 5.60 Å². The highest BCUT2D eigenvalue weighted by molar-refractivity contribution is 6.48. The number of hydrogen-bond donors (Lipinski definition) is 0. The first-order valence-corrected chi connectivity index (χ1v) is 13.5. The van der Waals surface area contributed by atoms with Crippen LogP contribution in [-0.2, 0) is 24.7 Å². The van der Waals surface area contributed by atoms with Crippen molar-refractivity contribution in [2.24, 2.45) is 10.3 Å². The summed E-state index contributed by atoms with van der Waals surface area (Å²) in [6, 6.07) is 6.29. The van der Waals surface area contributed by atoms with Crippen molar-refractivity contribution >= 4 is 58.4 Å². The Bertz CT molecular complexity index is 1470. The Morgan fingerprint density at radius 3 is 2.24 bits per heavy atom. The highest BCUT2D eigenvalue weighted by Gasteiger charge is 2.62. The topological polar surface area (TPSA) is 99.0 Å². The van der Waals surface area contributed by atoms with Crippen molar-refractivity contribution in [3.05, 3.63) is 67.7 Å². The summed E-state index contributed by atoms with van der Waals surface area (Å²) in [6.07, 6.45) is -7.75. The van der Waals surface area contributed by atoms with Crippen molar-refractivity contribution in [3.8, 4) is 0 Å². The lowest BCUT2D eigenvalue weighted by Gasteiger charge is -2.30. The molecule has 0 aliphatic carbocycles. The normalized spacial score (nSPS) is 20.3. The third-order valence-electron chi connectivity index (χ3n) is 6.38. The summed E-state index contributed by atoms with van der Waals surface area (Å²) in [5, 5.41) is 7.01. The first kappa shape index (κ1) is 31.7. The highest BCUT2D eigenvalue weighted by Crippen LogP contribution is 2.50. The molecule has 2 aliphatic heterocycles. The summed E-state index contributed by atoms with van der Waals surface area (Å²) in [4.78, 5) is 37.8. The molecular formula is C27H25Cl3F3N3O6. The summed E-state index contributed by atoms with van der Waals surface area (Å²) >= 11 is 17.9. The molecule has 0 unspecified atom stereocenters. The fourth-order valence-corrected chi connectivity index (χ4v) is 4.90. The molecule has 2 aromatic carbocycles. The van der Waals surface area contributed by atoms with Gasteiger partial charge in [-0.25, -0.2) is 9.69 Å². The molecule has 2 aliphatic rings. The molecule has 2 heterocycles. The molecule has 0 fully saturated rings. The number of methoxy groups -OCH3 is 1. The van der Waals surface area contributed by atoms with E-state index in [0.29, 0.717) is 5.56 Å². The molecular weight excluding hydrogens is 626 g/mol. The van der Waals surface area contributed by atoms with Gasteiger partial charge in [0.25, 0.3) is 11.5 Å². The Hall–Kier alpha value is -3.22. The van der Waals surface area contributed by atoms with E-state index in [1.54, 1.807) is 27.7 Å². The minimum Gasteiger partial charge on any atom is -0.482 e. The number of rotatable bonds is 4. The van der Waals surface area contributed by atoms with Gasteiger partial charge in [-0.2, -0.15) is 13.2 Å². The molecule has 0 bridgehead atoms. The van der Waals surface area contributed by atoms with Gasteiger partial charge < -0.3 is 19.1 Å². The smallest absolute Gasteiger partial charge is 0.435 e. The average Bonchev–Trinajstić information content (AvgIpc) is 3.54. The van der Waals surface area contributed by atoms with Crippen LogP contribution in [0.15, 0.2) is 40.6 Å². The number of oxime groups is 2. The zero-order chi connectivity index (χ0) is 31.2. The second kappa shape index (κ2) is 11.5. The van der Waals surface area contributed by atoms with Crippen LogP contribution in [0.3, 0.4) is 0 Å². The van der Waals surface area contributed by atoms with Crippen molar-refractivity contribution < 1.29 is 41.9 Å². The molecule has 0 saturated heterocycles. The fraction of sp³-hybridized carbons (Fsp3) is 0.407. The molecule has 9 nitrogen and oxygen atoms in total. The van der Waals surface area contributed by atoms with Gasteiger partial charge in [-0.1, -0.05) is 46.0 Å². The Balaban J connectivity index is 1.64. The zero-order valence-electron chi connectivity index (χ0n) is 22.9. The standard InChI is InChI=1S/C27H25Cl3F3N3O6/c1-13-8-14(19-12-26(42-34-19,27(31,32)33)15-9-17(28)22(30)18(29)10-15)6-7-16(13)23(37)36(24(38)40-25(2,3)4)21-11-20(39-5)35-41-21/h6-10,21H,11-12H2,1-5H3/t21-,26+/m1/s1. The van der Waals surface area contributed by atoms with E-state index in [4.69, 9.17) is 54.0 Å². The molecule has 0 N–H and O–H groups in total. The van der Waals surface area contributed by atoms with Crippen LogP contribution in [0, 0.1) is 6.92 Å². The Morgan fingerprint density at radius 2 is 1.71 bits per heavy atom. The highest BCUT2D eigenvalue weighted by atomic mass is 35.5. The minimum absolute atomic E-state index is 0.00891. The number of amides is 2. The van der Waals surface area contributed by atoms with Crippen molar-refractivity contribution in [1.82, 2.24) is 4.90 Å². The monoisotopic (exact) mass is 649 g/mol. The van der Waals surface area contributed by atoms with Crippen LogP contribution in [0.4, 0.5) is 18.0 Å². The third kappa shape index (κ3) is 6.11. The summed E-state index contributed by atoms with van der Waals surface area (Å²) in [7, 11) is 1.37. The quantitative estimate of drug-likeness (QED) is 0.316. The van der Waals surface area contributed by atoms with E-state index < -0.39 is 42.0 Å². The molecule has 2 amide bonds. The minimum atomic E-state index is -4.91. The maximum Gasteiger partial charge on any atom is 0.435 e. The number of imide groups is 1. The molecule has 0 aromatic heterocycles. The third-order valence-corrected chi connectivity index (χ3v) is 7.58. The van der Waals surface area contributed by atoms with Gasteiger partial charge in [0, 0.05) is 17.5 Å². The molecule has 0 saturated carbocycles. The van der Waals surface area contributed by atoms with Crippen LogP contribution >= 0.6 is 34.8 Å². The fourth-order valence-electron chi connectivity index (χ4n) is 4.31. The van der Waals surface area contributed by atoms with Gasteiger partial charge in [0.05, 0.1) is 34.3 Å². The zero-order valence-corrected chi connectivity index (χ0v) is 25.2. The van der Waals surface area contributed by atoms with Gasteiger partial charge in [-0.3, -0.25) is 4.79 Å². The molecule has 4 rings (SSSR count). The Labute approximate surface area is 254 Å². The van der Waals surface area contributed by atoms with Crippen LogP contribution in [0.2, 0.25) is 15.1 Å². The maximum absolute atomic E-state index is 14.4. The van der Waals surface area contributed by atoms with Gasteiger partial charge in [0.2, 0.25) is 12.1 Å². The van der Waals surface area contributed by atoms with E-state index >= 15 is 0 Å². The lowest BCUT2D eigenvalue weighted by Crippen LogP contribution is -2.47. The predicted molar refractivity (Wildman–Crippen MR) is 149 cm³/mol. The van der Waals surface area contributed by atoms with Crippen molar-refractivity contribution in [3.63, 3.8) is 0 Å². The van der Waals surface area contributed by atoms with Crippen LogP contribution in [0.1, 0.15) is 60.7 Å². The van der Waals surface area contributed by atoms with Gasteiger partial charge in [-0.15, -0.1) is 0 Å². The number of aryl methyl sites for hydroxylation is 1. The van der Waals surface area contributed by atoms with E-state index in [-0.39, 0.29) is 49.8 Å². The van der Waals surface area contributed by atoms with Crippen molar-refractivity contribution in [2.75, 3.05) is 7.11 Å². The predicted octanol–water partition coefficient (Wildman–Crippen LogP) is 7.62. The molecule has 42 heavy (non-hydrogen) atoms. The number of halogens is 6. The van der Waals surface area contributed by atoms with E-state index in [9.17, 15) is 22.8 Å². The lowest BCUT2D eigenvalue weighted by molar-refractivity contribution is -0.275. The molecule has 0 radical (unpaired) electrons. The van der Waals surface area contributed by atoms with Crippen molar-refractivity contribution in [1.29, 1.82) is 0 Å². The van der Waals surface area contributed by atoms with Gasteiger partial charge in [-0.05, 0) is 68.2 Å². The largest absolute Gasteiger partial charge is 0.482 e. The molecule has 2 aromatic rings. The second-order valence-corrected chi connectivity index (χ2v) is 11.7. The molecule has 15 heteroatoms. The number of carbonyl (C=O) groups is 2. The van der Waals surface area contributed by atoms with Gasteiger partial charge >= 0.3 is 12.3 Å². The number of carbonyl (C=O) groups excluding carboxylic acids is 2. The average molecular weight is 651 g/mol. The SMILES string of the molecule is COC1=NO[C@@H](N(C(=O)OC(C)(C)C)C(=O)c2ccc(C3=NO[C@@](c4cc(Cl)c(Cl)c(Cl)c4)(C(F)(F)F)C3)cc2C)C1. The first-order valence-electron chi connectivity index (χ1n) is 12.4. The van der Waals surface area contributed by atoms with E-state index in [2.05, 4.69) is 10.3 Å². The van der Waals surface area contributed by atoms with Gasteiger partial charge in [0.15, 0.2) is 0 Å². The van der Waals surface area contributed by atoms with E-state index in [1.165, 1.54) is 25.3 Å². The summed E-state index contributed by atoms with van der Waals surface area (Å²) in [5.74, 6) is -0.602. The number of ether oxygens (including phenoxy) is 2. The number of hydrogen-bond acceptors (Lipinski definition) is 8. The van der Waals surface area contributed by atoms with E-state index in [0.717, 1.165) is 17.0 Å². The van der Waals surface area contributed by atoms with Crippen LogP contribution < -0.4 is 0 Å². The van der Waals surface area contributed by atoms with Crippen LogP contribution in [0.25, 0.3) is 0 Å². The number of nitrogens with zero attached hydrogens (tertiary/aromatic N) is 3. The number of alkyl halides is 3. The maximum atomic E-state index is 14.4. The number of benzene rings is 2. The molecule has 0 spiro atoms. The van der Waals surface area contributed by atoms with Crippen LogP contribution in [0.5, 0.6) is 0 Å². The van der Waals surface area contributed by atoms with Crippen molar-refractivity contribution in [2.45, 2.75) is 64.1 Å². The Morgan fingerprint density at radius 1 is 1.07 bits per heavy atom.